The fourth-order valence-electron chi connectivity index (χ4n) is 0.680. The molecule has 0 unspecified atom stereocenters. The standard InChI is InChI=1S/C9H12NOS/c1-9(2,11)7-12-8-5-3-4-6-10-8/h3-6H,7H2,1-2H3. The molecular formula is C9H12NOS. The van der Waals surface area contributed by atoms with Gasteiger partial charge in [0.05, 0.1) is 5.03 Å². The minimum atomic E-state index is -0.873. The second kappa shape index (κ2) is 3.92. The fraction of sp³-hybridized carbons (Fsp3) is 0.444. The van der Waals surface area contributed by atoms with Crippen LogP contribution >= 0.6 is 11.8 Å². The van der Waals surface area contributed by atoms with Gasteiger partial charge in [0.1, 0.15) is 5.60 Å². The summed E-state index contributed by atoms with van der Waals surface area (Å²) in [6.07, 6.45) is 1.74. The van der Waals surface area contributed by atoms with E-state index in [2.05, 4.69) is 4.98 Å². The minimum absolute atomic E-state index is 0.560. The Morgan fingerprint density at radius 3 is 2.75 bits per heavy atom. The molecule has 12 heavy (non-hydrogen) atoms. The highest BCUT2D eigenvalue weighted by Crippen LogP contribution is 2.19. The highest BCUT2D eigenvalue weighted by atomic mass is 32.2. The normalized spacial score (nSPS) is 11.6. The van der Waals surface area contributed by atoms with E-state index >= 15 is 0 Å². The van der Waals surface area contributed by atoms with Crippen LogP contribution in [-0.4, -0.2) is 16.3 Å². The van der Waals surface area contributed by atoms with E-state index in [-0.39, 0.29) is 0 Å². The molecule has 0 saturated carbocycles. The lowest BCUT2D eigenvalue weighted by Gasteiger charge is -2.12. The van der Waals surface area contributed by atoms with Crippen LogP contribution in [0.1, 0.15) is 13.8 Å². The Morgan fingerprint density at radius 1 is 1.50 bits per heavy atom. The van der Waals surface area contributed by atoms with Gasteiger partial charge in [-0.2, -0.15) is 0 Å². The van der Waals surface area contributed by atoms with Crippen LogP contribution in [0.5, 0.6) is 0 Å². The Bertz CT molecular complexity index is 230. The number of hydrogen-bond acceptors (Lipinski definition) is 2. The van der Waals surface area contributed by atoms with E-state index in [1.165, 1.54) is 11.8 Å². The predicted molar refractivity (Wildman–Crippen MR) is 49.7 cm³/mol. The van der Waals surface area contributed by atoms with Crippen molar-refractivity contribution in [1.29, 1.82) is 0 Å². The fourth-order valence-corrected chi connectivity index (χ4v) is 1.49. The summed E-state index contributed by atoms with van der Waals surface area (Å²) in [6, 6.07) is 5.70. The molecule has 0 spiro atoms. The largest absolute Gasteiger partial charge is 0.250 e. The Labute approximate surface area is 77.0 Å². The summed E-state index contributed by atoms with van der Waals surface area (Å²) in [6.45, 7) is 3.37. The van der Waals surface area contributed by atoms with Gasteiger partial charge in [-0.1, -0.05) is 6.07 Å². The van der Waals surface area contributed by atoms with Crippen molar-refractivity contribution in [3.8, 4) is 0 Å². The van der Waals surface area contributed by atoms with Crippen molar-refractivity contribution in [1.82, 2.24) is 4.98 Å². The quantitative estimate of drug-likeness (QED) is 0.672. The van der Waals surface area contributed by atoms with Crippen LogP contribution < -0.4 is 0 Å². The summed E-state index contributed by atoms with van der Waals surface area (Å²) in [5.41, 5.74) is -0.873. The van der Waals surface area contributed by atoms with E-state index in [0.29, 0.717) is 5.75 Å². The molecule has 3 heteroatoms. The minimum Gasteiger partial charge on any atom is -0.250 e. The second-order valence-corrected chi connectivity index (χ2v) is 4.21. The maximum atomic E-state index is 11.2. The van der Waals surface area contributed by atoms with Gasteiger partial charge < -0.3 is 0 Å². The summed E-state index contributed by atoms with van der Waals surface area (Å²) in [7, 11) is 0. The lowest BCUT2D eigenvalue weighted by atomic mass is 10.2. The molecule has 1 heterocycles. The zero-order valence-electron chi connectivity index (χ0n) is 7.28. The van der Waals surface area contributed by atoms with E-state index in [0.717, 1.165) is 5.03 Å². The van der Waals surface area contributed by atoms with Crippen molar-refractivity contribution in [3.05, 3.63) is 24.4 Å². The first-order valence-electron chi connectivity index (χ1n) is 3.82. The molecule has 0 fully saturated rings. The molecule has 0 saturated heterocycles. The van der Waals surface area contributed by atoms with Gasteiger partial charge in [0, 0.05) is 11.9 Å². The zero-order chi connectivity index (χ0) is 9.03. The summed E-state index contributed by atoms with van der Waals surface area (Å²) < 4.78 is 0. The SMILES string of the molecule is CC(C)([O])CSc1ccccn1. The molecule has 0 bridgehead atoms. The first-order valence-corrected chi connectivity index (χ1v) is 4.81. The van der Waals surface area contributed by atoms with Crippen molar-refractivity contribution in [2.45, 2.75) is 24.5 Å². The van der Waals surface area contributed by atoms with Crippen molar-refractivity contribution >= 4 is 11.8 Å². The van der Waals surface area contributed by atoms with E-state index in [1.807, 2.05) is 18.2 Å². The van der Waals surface area contributed by atoms with Crippen molar-refractivity contribution in [3.63, 3.8) is 0 Å². The van der Waals surface area contributed by atoms with Gasteiger partial charge in [-0.05, 0) is 26.0 Å². The smallest absolute Gasteiger partial charge is 0.107 e. The molecule has 1 aromatic heterocycles. The van der Waals surface area contributed by atoms with E-state index < -0.39 is 5.60 Å². The summed E-state index contributed by atoms with van der Waals surface area (Å²) in [5, 5.41) is 12.1. The molecular weight excluding hydrogens is 170 g/mol. The van der Waals surface area contributed by atoms with Crippen molar-refractivity contribution < 1.29 is 5.11 Å². The van der Waals surface area contributed by atoms with Gasteiger partial charge in [0.2, 0.25) is 0 Å². The van der Waals surface area contributed by atoms with Crippen molar-refractivity contribution in [2.75, 3.05) is 5.75 Å². The van der Waals surface area contributed by atoms with E-state index in [1.54, 1.807) is 20.0 Å². The summed E-state index contributed by atoms with van der Waals surface area (Å²) in [5.74, 6) is 0.560. The van der Waals surface area contributed by atoms with Crippen LogP contribution in [0.15, 0.2) is 29.4 Å². The summed E-state index contributed by atoms with van der Waals surface area (Å²) >= 11 is 1.50. The van der Waals surface area contributed by atoms with Crippen LogP contribution in [0.2, 0.25) is 0 Å². The second-order valence-electron chi connectivity index (χ2n) is 3.22. The first kappa shape index (κ1) is 9.55. The number of aromatic nitrogens is 1. The molecule has 0 aliphatic carbocycles. The van der Waals surface area contributed by atoms with Gasteiger partial charge in [-0.3, -0.25) is 0 Å². The Hall–Kier alpha value is -0.540. The molecule has 0 aliphatic rings. The maximum Gasteiger partial charge on any atom is 0.107 e. The van der Waals surface area contributed by atoms with Gasteiger partial charge >= 0.3 is 0 Å². The van der Waals surface area contributed by atoms with Gasteiger partial charge in [-0.25, -0.2) is 10.1 Å². The van der Waals surface area contributed by atoms with Crippen molar-refractivity contribution in [2.24, 2.45) is 0 Å². The molecule has 0 aliphatic heterocycles. The predicted octanol–water partition coefficient (Wildman–Crippen LogP) is 2.38. The Kier molecular flexibility index (Phi) is 3.12. The number of hydrogen-bond donors (Lipinski definition) is 0. The average molecular weight is 182 g/mol. The number of thioether (sulfide) groups is 1. The monoisotopic (exact) mass is 182 g/mol. The van der Waals surface area contributed by atoms with Gasteiger partial charge in [0.15, 0.2) is 0 Å². The molecule has 0 atom stereocenters. The molecule has 1 radical (unpaired) electrons. The van der Waals surface area contributed by atoms with Crippen LogP contribution in [0.25, 0.3) is 0 Å². The zero-order valence-corrected chi connectivity index (χ0v) is 8.10. The van der Waals surface area contributed by atoms with E-state index in [4.69, 9.17) is 0 Å². The van der Waals surface area contributed by atoms with Crippen LogP contribution in [0.3, 0.4) is 0 Å². The number of pyridine rings is 1. The maximum absolute atomic E-state index is 11.2. The molecule has 65 valence electrons. The first-order chi connectivity index (χ1) is 5.58. The average Bonchev–Trinajstić information content (AvgIpc) is 2.02. The van der Waals surface area contributed by atoms with Gasteiger partial charge in [-0.15, -0.1) is 11.8 Å². The lowest BCUT2D eigenvalue weighted by Crippen LogP contribution is -2.19. The van der Waals surface area contributed by atoms with Crippen LogP contribution in [0, 0.1) is 0 Å². The third-order valence-corrected chi connectivity index (χ3v) is 2.58. The van der Waals surface area contributed by atoms with Crippen LogP contribution in [0.4, 0.5) is 0 Å². The molecule has 2 nitrogen and oxygen atoms in total. The molecule has 0 amide bonds. The summed E-state index contributed by atoms with van der Waals surface area (Å²) in [4.78, 5) is 4.11. The Morgan fingerprint density at radius 2 is 2.25 bits per heavy atom. The molecule has 0 aromatic carbocycles. The van der Waals surface area contributed by atoms with Crippen LogP contribution in [-0.2, 0) is 5.11 Å². The molecule has 1 rings (SSSR count). The number of nitrogens with zero attached hydrogens (tertiary/aromatic N) is 1. The Balaban J connectivity index is 2.44. The van der Waals surface area contributed by atoms with Gasteiger partial charge in [0.25, 0.3) is 0 Å². The lowest BCUT2D eigenvalue weighted by molar-refractivity contribution is 0.0263. The highest BCUT2D eigenvalue weighted by Gasteiger charge is 2.15. The van der Waals surface area contributed by atoms with E-state index in [9.17, 15) is 5.11 Å². The molecule has 0 N–H and O–H groups in total. The third-order valence-electron chi connectivity index (χ3n) is 1.21. The number of rotatable bonds is 3. The third kappa shape index (κ3) is 3.74. The topological polar surface area (TPSA) is 32.8 Å². The highest BCUT2D eigenvalue weighted by molar-refractivity contribution is 7.99. The molecule has 1 aromatic rings.